The minimum absolute atomic E-state index is 0.140. The first-order chi connectivity index (χ1) is 9.86. The Hall–Kier alpha value is -1.26. The highest BCUT2D eigenvalue weighted by Crippen LogP contribution is 2.20. The molecule has 0 aromatic heterocycles. The van der Waals surface area contributed by atoms with Crippen LogP contribution in [0, 0.1) is 0 Å². The molecule has 1 rings (SSSR count). The van der Waals surface area contributed by atoms with Crippen molar-refractivity contribution in [3.8, 4) is 5.75 Å². The number of hydrogen-bond donors (Lipinski definition) is 2. The van der Waals surface area contributed by atoms with E-state index < -0.39 is 0 Å². The first-order valence-electron chi connectivity index (χ1n) is 7.65. The molecule has 4 nitrogen and oxygen atoms in total. The first kappa shape index (κ1) is 17.8. The van der Waals surface area contributed by atoms with Crippen LogP contribution in [0.3, 0.4) is 0 Å². The summed E-state index contributed by atoms with van der Waals surface area (Å²) in [5.74, 6) is 0.892. The lowest BCUT2D eigenvalue weighted by Crippen LogP contribution is -2.49. The predicted octanol–water partition coefficient (Wildman–Crippen LogP) is 2.66. The van der Waals surface area contributed by atoms with Gasteiger partial charge in [0.1, 0.15) is 5.75 Å². The van der Waals surface area contributed by atoms with E-state index in [9.17, 15) is 5.11 Å². The molecule has 0 amide bonds. The number of anilines is 1. The number of nitrogens with zero attached hydrogens (tertiary/aromatic N) is 1. The lowest BCUT2D eigenvalue weighted by molar-refractivity contribution is 0.147. The van der Waals surface area contributed by atoms with E-state index in [2.05, 4.69) is 37.1 Å². The summed E-state index contributed by atoms with van der Waals surface area (Å²) in [4.78, 5) is 2.06. The maximum Gasteiger partial charge on any atom is 0.121 e. The van der Waals surface area contributed by atoms with Gasteiger partial charge in [0, 0.05) is 37.4 Å². The van der Waals surface area contributed by atoms with Crippen LogP contribution >= 0.6 is 0 Å². The van der Waals surface area contributed by atoms with Crippen LogP contribution in [0.25, 0.3) is 0 Å². The van der Waals surface area contributed by atoms with Gasteiger partial charge in [-0.2, -0.15) is 0 Å². The second-order valence-corrected chi connectivity index (χ2v) is 6.36. The molecule has 0 heterocycles. The van der Waals surface area contributed by atoms with Gasteiger partial charge in [-0.15, -0.1) is 0 Å². The van der Waals surface area contributed by atoms with Crippen LogP contribution in [0.15, 0.2) is 24.3 Å². The van der Waals surface area contributed by atoms with Crippen LogP contribution in [0.2, 0.25) is 0 Å². The standard InChI is InChI=1S/C17H30N2O2/c1-14(2)18-17(3,13-20)10-7-11-21-16-9-6-8-15(12-16)19(4)5/h6,8-9,12,14,18,20H,7,10-11,13H2,1-5H3. The molecule has 120 valence electrons. The van der Waals surface area contributed by atoms with Crippen molar-refractivity contribution in [2.75, 3.05) is 32.2 Å². The molecule has 0 aliphatic heterocycles. The van der Waals surface area contributed by atoms with E-state index in [1.54, 1.807) is 0 Å². The molecule has 0 bridgehead atoms. The molecular formula is C17H30N2O2. The monoisotopic (exact) mass is 294 g/mol. The molecule has 1 aromatic carbocycles. The number of benzene rings is 1. The topological polar surface area (TPSA) is 44.7 Å². The third-order valence-corrected chi connectivity index (χ3v) is 3.46. The molecule has 0 spiro atoms. The predicted molar refractivity (Wildman–Crippen MR) is 89.3 cm³/mol. The fourth-order valence-electron chi connectivity index (χ4n) is 2.40. The average Bonchev–Trinajstić information content (AvgIpc) is 2.43. The Morgan fingerprint density at radius 1 is 1.33 bits per heavy atom. The summed E-state index contributed by atoms with van der Waals surface area (Å²) in [6.07, 6.45) is 1.79. The largest absolute Gasteiger partial charge is 0.494 e. The smallest absolute Gasteiger partial charge is 0.121 e. The van der Waals surface area contributed by atoms with Gasteiger partial charge < -0.3 is 20.1 Å². The van der Waals surface area contributed by atoms with Gasteiger partial charge in [-0.1, -0.05) is 19.9 Å². The van der Waals surface area contributed by atoms with E-state index in [1.165, 1.54) is 0 Å². The third kappa shape index (κ3) is 6.36. The average molecular weight is 294 g/mol. The summed E-state index contributed by atoms with van der Waals surface area (Å²) in [7, 11) is 4.03. The lowest BCUT2D eigenvalue weighted by atomic mass is 9.96. The van der Waals surface area contributed by atoms with Crippen molar-refractivity contribution in [3.63, 3.8) is 0 Å². The van der Waals surface area contributed by atoms with Crippen molar-refractivity contribution in [1.29, 1.82) is 0 Å². The molecule has 0 saturated carbocycles. The Balaban J connectivity index is 2.41. The Kier molecular flexibility index (Phi) is 6.99. The molecule has 4 heteroatoms. The first-order valence-corrected chi connectivity index (χ1v) is 7.65. The van der Waals surface area contributed by atoms with Gasteiger partial charge in [-0.25, -0.2) is 0 Å². The van der Waals surface area contributed by atoms with Gasteiger partial charge in [0.05, 0.1) is 13.2 Å². The molecule has 0 fully saturated rings. The number of ether oxygens (including phenoxy) is 1. The van der Waals surface area contributed by atoms with Crippen molar-refractivity contribution < 1.29 is 9.84 Å². The maximum absolute atomic E-state index is 9.54. The SMILES string of the molecule is CC(C)NC(C)(CO)CCCOc1cccc(N(C)C)c1. The van der Waals surface area contributed by atoms with E-state index in [1.807, 2.05) is 32.3 Å². The Bertz CT molecular complexity index is 421. The quantitative estimate of drug-likeness (QED) is 0.687. The molecule has 1 unspecified atom stereocenters. The number of aliphatic hydroxyl groups is 1. The summed E-state index contributed by atoms with van der Waals surface area (Å²) in [6.45, 7) is 7.04. The van der Waals surface area contributed by atoms with Crippen LogP contribution in [-0.2, 0) is 0 Å². The van der Waals surface area contributed by atoms with Gasteiger partial charge in [0.25, 0.3) is 0 Å². The zero-order valence-electron chi connectivity index (χ0n) is 14.0. The number of rotatable bonds is 9. The molecule has 1 aromatic rings. The minimum atomic E-state index is -0.233. The number of nitrogens with one attached hydrogen (secondary N) is 1. The van der Waals surface area contributed by atoms with Gasteiger partial charge in [0.15, 0.2) is 0 Å². The van der Waals surface area contributed by atoms with E-state index in [0.29, 0.717) is 12.6 Å². The summed E-state index contributed by atoms with van der Waals surface area (Å²) in [5.41, 5.74) is 0.900. The fraction of sp³-hybridized carbons (Fsp3) is 0.647. The van der Waals surface area contributed by atoms with E-state index >= 15 is 0 Å². The zero-order valence-corrected chi connectivity index (χ0v) is 14.0. The van der Waals surface area contributed by atoms with Crippen molar-refractivity contribution in [3.05, 3.63) is 24.3 Å². The fourth-order valence-corrected chi connectivity index (χ4v) is 2.40. The molecule has 1 atom stereocenters. The maximum atomic E-state index is 9.54. The molecule has 0 aliphatic carbocycles. The van der Waals surface area contributed by atoms with Gasteiger partial charge >= 0.3 is 0 Å². The normalized spacial score (nSPS) is 14.0. The van der Waals surface area contributed by atoms with E-state index in [0.717, 1.165) is 24.3 Å². The summed E-state index contributed by atoms with van der Waals surface area (Å²) in [5, 5.41) is 13.0. The second kappa shape index (κ2) is 8.25. The van der Waals surface area contributed by atoms with Crippen LogP contribution in [0.4, 0.5) is 5.69 Å². The molecule has 0 aliphatic rings. The van der Waals surface area contributed by atoms with Gasteiger partial charge in [0.2, 0.25) is 0 Å². The second-order valence-electron chi connectivity index (χ2n) is 6.36. The Morgan fingerprint density at radius 2 is 2.05 bits per heavy atom. The highest BCUT2D eigenvalue weighted by Gasteiger charge is 2.23. The Morgan fingerprint density at radius 3 is 2.62 bits per heavy atom. The van der Waals surface area contributed by atoms with Crippen molar-refractivity contribution >= 4 is 5.69 Å². The summed E-state index contributed by atoms with van der Waals surface area (Å²) < 4.78 is 5.81. The number of hydrogen-bond acceptors (Lipinski definition) is 4. The van der Waals surface area contributed by atoms with Crippen LogP contribution < -0.4 is 15.0 Å². The molecule has 21 heavy (non-hydrogen) atoms. The summed E-state index contributed by atoms with van der Waals surface area (Å²) >= 11 is 0. The van der Waals surface area contributed by atoms with Crippen LogP contribution in [0.1, 0.15) is 33.6 Å². The molecule has 0 radical (unpaired) electrons. The highest BCUT2D eigenvalue weighted by atomic mass is 16.5. The minimum Gasteiger partial charge on any atom is -0.494 e. The van der Waals surface area contributed by atoms with E-state index in [4.69, 9.17) is 4.74 Å². The Labute approximate surface area is 129 Å². The van der Waals surface area contributed by atoms with Crippen molar-refractivity contribution in [2.45, 2.75) is 45.2 Å². The van der Waals surface area contributed by atoms with Crippen molar-refractivity contribution in [1.82, 2.24) is 5.32 Å². The van der Waals surface area contributed by atoms with Crippen LogP contribution in [0.5, 0.6) is 5.75 Å². The number of aliphatic hydroxyl groups excluding tert-OH is 1. The highest BCUT2D eigenvalue weighted by molar-refractivity contribution is 5.49. The van der Waals surface area contributed by atoms with Gasteiger partial charge in [-0.3, -0.25) is 0 Å². The molecule has 0 saturated heterocycles. The zero-order chi connectivity index (χ0) is 15.9. The molecule has 2 N–H and O–H groups in total. The molecular weight excluding hydrogens is 264 g/mol. The third-order valence-electron chi connectivity index (χ3n) is 3.46. The van der Waals surface area contributed by atoms with Crippen molar-refractivity contribution in [2.24, 2.45) is 0 Å². The van der Waals surface area contributed by atoms with E-state index in [-0.39, 0.29) is 12.1 Å². The van der Waals surface area contributed by atoms with Gasteiger partial charge in [-0.05, 0) is 31.9 Å². The van der Waals surface area contributed by atoms with Crippen LogP contribution in [-0.4, -0.2) is 44.0 Å². The summed E-state index contributed by atoms with van der Waals surface area (Å²) in [6, 6.07) is 8.44. The lowest BCUT2D eigenvalue weighted by Gasteiger charge is -2.31.